The number of alkyl carbamates (subject to hydrolysis) is 1. The number of carboxylic acid groups (broad SMARTS) is 1. The topological polar surface area (TPSA) is 103 Å². The van der Waals surface area contributed by atoms with Gasteiger partial charge in [0.05, 0.1) is 6.61 Å². The fourth-order valence-electron chi connectivity index (χ4n) is 4.62. The van der Waals surface area contributed by atoms with Crippen LogP contribution in [0.2, 0.25) is 0 Å². The van der Waals surface area contributed by atoms with Crippen molar-refractivity contribution in [3.05, 3.63) is 77.4 Å². The Kier molecular flexibility index (Phi) is 6.18. The van der Waals surface area contributed by atoms with E-state index in [-0.39, 0.29) is 25.7 Å². The summed E-state index contributed by atoms with van der Waals surface area (Å²) in [6.07, 6.45) is -0.802. The van der Waals surface area contributed by atoms with Crippen molar-refractivity contribution in [2.45, 2.75) is 25.3 Å². The van der Waals surface area contributed by atoms with Gasteiger partial charge in [-0.1, -0.05) is 48.5 Å². The molecule has 1 unspecified atom stereocenters. The Morgan fingerprint density at radius 3 is 2.29 bits per heavy atom. The van der Waals surface area contributed by atoms with Crippen LogP contribution in [-0.4, -0.2) is 43.2 Å². The number of fused-ring (bicyclic) bond motifs is 4. The summed E-state index contributed by atoms with van der Waals surface area (Å²) in [5.74, 6) is 0.230. The van der Waals surface area contributed by atoms with Crippen LogP contribution in [0, 0.1) is 0 Å². The maximum atomic E-state index is 12.7. The molecular weight excluding hydrogens is 450 g/mol. The summed E-state index contributed by atoms with van der Waals surface area (Å²) in [5.41, 5.74) is 4.98. The molecule has 8 heteroatoms. The van der Waals surface area contributed by atoms with E-state index in [0.29, 0.717) is 29.4 Å². The van der Waals surface area contributed by atoms with Crippen LogP contribution in [0.25, 0.3) is 11.1 Å². The molecule has 1 amide bonds. The minimum Gasteiger partial charge on any atom is -0.493 e. The number of carbonyl (C=O) groups is 2. The van der Waals surface area contributed by atoms with E-state index in [4.69, 9.17) is 18.9 Å². The summed E-state index contributed by atoms with van der Waals surface area (Å²) < 4.78 is 22.0. The van der Waals surface area contributed by atoms with Crippen molar-refractivity contribution in [2.75, 3.05) is 20.0 Å². The fraction of sp³-hybridized carbons (Fsp3) is 0.259. The van der Waals surface area contributed by atoms with Gasteiger partial charge >= 0.3 is 12.1 Å². The number of rotatable bonds is 8. The van der Waals surface area contributed by atoms with Gasteiger partial charge in [-0.2, -0.15) is 0 Å². The van der Waals surface area contributed by atoms with Crippen LogP contribution in [0.1, 0.15) is 29.5 Å². The molecular formula is C27H25NO7. The van der Waals surface area contributed by atoms with Crippen LogP contribution in [-0.2, 0) is 16.0 Å². The lowest BCUT2D eigenvalue weighted by molar-refractivity contribution is -0.139. The average Bonchev–Trinajstić information content (AvgIpc) is 3.44. The smallest absolute Gasteiger partial charge is 0.407 e. The molecule has 0 spiro atoms. The standard InChI is InChI=1S/C27H25NO7/c1-2-32-23-13-25-24(34-15-35-25)12-16(23)11-22(26(29)30)28-27(31)33-14-21-19-9-5-3-7-17(19)18-8-4-6-10-20(18)21/h3-10,12-13,21-22H,2,11,14-15H2,1H3,(H,28,31)(H,29,30). The van der Waals surface area contributed by atoms with Crippen LogP contribution >= 0.6 is 0 Å². The van der Waals surface area contributed by atoms with Gasteiger partial charge in [-0.05, 0) is 35.2 Å². The van der Waals surface area contributed by atoms with Crippen molar-refractivity contribution in [3.8, 4) is 28.4 Å². The van der Waals surface area contributed by atoms with Gasteiger partial charge in [0.1, 0.15) is 18.4 Å². The highest BCUT2D eigenvalue weighted by molar-refractivity contribution is 5.81. The van der Waals surface area contributed by atoms with Crippen molar-refractivity contribution in [3.63, 3.8) is 0 Å². The number of hydrogen-bond acceptors (Lipinski definition) is 6. The minimum absolute atomic E-state index is 0.00843. The second-order valence-corrected chi connectivity index (χ2v) is 8.31. The zero-order valence-electron chi connectivity index (χ0n) is 19.2. The SMILES string of the molecule is CCOc1cc2c(cc1CC(NC(=O)OCC1c3ccccc3-c3ccccc31)C(=O)O)OCO2. The fourth-order valence-corrected chi connectivity index (χ4v) is 4.62. The molecule has 0 radical (unpaired) electrons. The highest BCUT2D eigenvalue weighted by Crippen LogP contribution is 2.44. The molecule has 2 aliphatic rings. The molecule has 0 aromatic heterocycles. The first-order chi connectivity index (χ1) is 17.0. The largest absolute Gasteiger partial charge is 0.493 e. The van der Waals surface area contributed by atoms with Gasteiger partial charge in [-0.25, -0.2) is 9.59 Å². The molecule has 1 aliphatic carbocycles. The second kappa shape index (κ2) is 9.58. The van der Waals surface area contributed by atoms with Crippen molar-refractivity contribution in [1.29, 1.82) is 0 Å². The number of ether oxygens (including phenoxy) is 4. The van der Waals surface area contributed by atoms with Crippen LogP contribution in [0.3, 0.4) is 0 Å². The molecule has 3 aromatic rings. The zero-order valence-corrected chi connectivity index (χ0v) is 19.2. The average molecular weight is 475 g/mol. The van der Waals surface area contributed by atoms with Gasteiger partial charge in [-0.3, -0.25) is 0 Å². The lowest BCUT2D eigenvalue weighted by Gasteiger charge is -2.19. The van der Waals surface area contributed by atoms with Crippen LogP contribution in [0.5, 0.6) is 17.2 Å². The third-order valence-corrected chi connectivity index (χ3v) is 6.21. The third kappa shape index (κ3) is 4.47. The van der Waals surface area contributed by atoms with Gasteiger partial charge in [0, 0.05) is 24.0 Å². The number of aliphatic carboxylic acids is 1. The summed E-state index contributed by atoms with van der Waals surface area (Å²) in [7, 11) is 0. The predicted octanol–water partition coefficient (Wildman–Crippen LogP) is 4.35. The molecule has 1 heterocycles. The van der Waals surface area contributed by atoms with E-state index in [2.05, 4.69) is 17.4 Å². The molecule has 3 aromatic carbocycles. The predicted molar refractivity (Wildman–Crippen MR) is 127 cm³/mol. The zero-order chi connectivity index (χ0) is 24.4. The first-order valence-corrected chi connectivity index (χ1v) is 11.4. The monoisotopic (exact) mass is 475 g/mol. The van der Waals surface area contributed by atoms with Crippen LogP contribution in [0.15, 0.2) is 60.7 Å². The summed E-state index contributed by atoms with van der Waals surface area (Å²) in [6, 6.07) is 18.2. The number of nitrogens with one attached hydrogen (secondary N) is 1. The summed E-state index contributed by atoms with van der Waals surface area (Å²) in [4.78, 5) is 24.6. The maximum Gasteiger partial charge on any atom is 0.407 e. The first-order valence-electron chi connectivity index (χ1n) is 11.4. The van der Waals surface area contributed by atoms with Crippen molar-refractivity contribution in [2.24, 2.45) is 0 Å². The number of benzene rings is 3. The number of amides is 1. The molecule has 1 aliphatic heterocycles. The lowest BCUT2D eigenvalue weighted by atomic mass is 9.98. The van der Waals surface area contributed by atoms with Crippen LogP contribution in [0.4, 0.5) is 4.79 Å². The van der Waals surface area contributed by atoms with Crippen LogP contribution < -0.4 is 19.5 Å². The van der Waals surface area contributed by atoms with Gasteiger partial charge in [-0.15, -0.1) is 0 Å². The summed E-state index contributed by atoms with van der Waals surface area (Å²) in [5, 5.41) is 12.3. The van der Waals surface area contributed by atoms with Gasteiger partial charge in [0.15, 0.2) is 11.5 Å². The Hall–Kier alpha value is -4.20. The first kappa shape index (κ1) is 22.6. The van der Waals surface area contributed by atoms with E-state index >= 15 is 0 Å². The Morgan fingerprint density at radius 2 is 1.66 bits per heavy atom. The maximum absolute atomic E-state index is 12.7. The Labute approximate surface area is 202 Å². The summed E-state index contributed by atoms with van der Waals surface area (Å²) >= 11 is 0. The Morgan fingerprint density at radius 1 is 1.03 bits per heavy atom. The third-order valence-electron chi connectivity index (χ3n) is 6.21. The molecule has 0 saturated heterocycles. The van der Waals surface area contributed by atoms with E-state index in [0.717, 1.165) is 22.3 Å². The highest BCUT2D eigenvalue weighted by Gasteiger charge is 2.30. The second-order valence-electron chi connectivity index (χ2n) is 8.31. The van der Waals surface area contributed by atoms with Crippen molar-refractivity contribution >= 4 is 12.1 Å². The van der Waals surface area contributed by atoms with E-state index in [1.165, 1.54) is 0 Å². The molecule has 2 N–H and O–H groups in total. The Balaban J connectivity index is 1.28. The molecule has 35 heavy (non-hydrogen) atoms. The molecule has 180 valence electrons. The molecule has 1 atom stereocenters. The minimum atomic E-state index is -1.22. The van der Waals surface area contributed by atoms with E-state index in [1.54, 1.807) is 12.1 Å². The van der Waals surface area contributed by atoms with Gasteiger partial charge in [0.25, 0.3) is 0 Å². The highest BCUT2D eigenvalue weighted by atomic mass is 16.7. The lowest BCUT2D eigenvalue weighted by Crippen LogP contribution is -2.43. The molecule has 0 bridgehead atoms. The van der Waals surface area contributed by atoms with Crippen molar-refractivity contribution in [1.82, 2.24) is 5.32 Å². The number of carboxylic acids is 1. The van der Waals surface area contributed by atoms with Gasteiger partial charge in [0.2, 0.25) is 6.79 Å². The molecule has 5 rings (SSSR count). The van der Waals surface area contributed by atoms with Crippen molar-refractivity contribution < 1.29 is 33.6 Å². The number of hydrogen-bond donors (Lipinski definition) is 2. The summed E-state index contributed by atoms with van der Waals surface area (Å²) in [6.45, 7) is 2.41. The molecule has 0 saturated carbocycles. The van der Waals surface area contributed by atoms with Gasteiger partial charge < -0.3 is 29.4 Å². The molecule has 0 fully saturated rings. The van der Waals surface area contributed by atoms with E-state index in [1.807, 2.05) is 43.3 Å². The van der Waals surface area contributed by atoms with E-state index in [9.17, 15) is 14.7 Å². The van der Waals surface area contributed by atoms with E-state index < -0.39 is 18.1 Å². The Bertz CT molecular complexity index is 1230. The quantitative estimate of drug-likeness (QED) is 0.499. The normalized spacial score (nSPS) is 14.1. The molecule has 8 nitrogen and oxygen atoms in total. The number of carbonyl (C=O) groups excluding carboxylic acids is 1.